The number of benzene rings is 1. The molecule has 0 aliphatic carbocycles. The van der Waals surface area contributed by atoms with Crippen LogP contribution in [-0.4, -0.2) is 49.6 Å². The van der Waals surface area contributed by atoms with Crippen LogP contribution in [0, 0.1) is 17.6 Å². The molecule has 24 heavy (non-hydrogen) atoms. The van der Waals surface area contributed by atoms with Gasteiger partial charge in [-0.15, -0.1) is 0 Å². The van der Waals surface area contributed by atoms with Crippen LogP contribution < -0.4 is 10.6 Å². The van der Waals surface area contributed by atoms with E-state index in [9.17, 15) is 27.1 Å². The second-order valence-electron chi connectivity index (χ2n) is 6.00. The molecule has 0 unspecified atom stereocenters. The first kappa shape index (κ1) is 18.8. The van der Waals surface area contributed by atoms with Crippen molar-refractivity contribution in [3.05, 3.63) is 35.4 Å². The predicted molar refractivity (Wildman–Crippen MR) is 83.8 cm³/mol. The lowest BCUT2D eigenvalue weighted by Crippen LogP contribution is -2.45. The van der Waals surface area contributed by atoms with Gasteiger partial charge in [0.15, 0.2) is 9.84 Å². The Morgan fingerprint density at radius 1 is 1.38 bits per heavy atom. The maximum absolute atomic E-state index is 13.6. The number of hydrogen-bond donors (Lipinski definition) is 3. The molecule has 134 valence electrons. The van der Waals surface area contributed by atoms with Crippen LogP contribution >= 0.6 is 0 Å². The van der Waals surface area contributed by atoms with E-state index >= 15 is 0 Å². The zero-order valence-corrected chi connectivity index (χ0v) is 13.9. The topological polar surface area (TPSA) is 95.5 Å². The molecule has 1 aliphatic rings. The number of halogens is 2. The summed E-state index contributed by atoms with van der Waals surface area (Å²) < 4.78 is 50.2. The molecule has 9 heteroatoms. The van der Waals surface area contributed by atoms with Gasteiger partial charge in [0.2, 0.25) is 5.91 Å². The van der Waals surface area contributed by atoms with Crippen LogP contribution in [0.2, 0.25) is 0 Å². The van der Waals surface area contributed by atoms with E-state index in [4.69, 9.17) is 0 Å². The fourth-order valence-electron chi connectivity index (χ4n) is 2.59. The van der Waals surface area contributed by atoms with Gasteiger partial charge in [-0.2, -0.15) is 0 Å². The molecule has 0 radical (unpaired) electrons. The first-order chi connectivity index (χ1) is 11.2. The largest absolute Gasteiger partial charge is 0.392 e. The normalized spacial score (nSPS) is 23.8. The van der Waals surface area contributed by atoms with Gasteiger partial charge in [0.1, 0.15) is 11.6 Å². The number of carbonyl (C=O) groups excluding carboxylic acids is 1. The van der Waals surface area contributed by atoms with Crippen LogP contribution in [0.1, 0.15) is 12.5 Å². The Bertz CT molecular complexity index is 709. The van der Waals surface area contributed by atoms with Gasteiger partial charge in [-0.1, -0.05) is 6.07 Å². The van der Waals surface area contributed by atoms with Gasteiger partial charge < -0.3 is 15.7 Å². The Morgan fingerprint density at radius 2 is 2.08 bits per heavy atom. The number of carbonyl (C=O) groups is 1. The van der Waals surface area contributed by atoms with E-state index in [1.54, 1.807) is 0 Å². The summed E-state index contributed by atoms with van der Waals surface area (Å²) in [4.78, 5) is 12.1. The van der Waals surface area contributed by atoms with Crippen molar-refractivity contribution < 1.29 is 27.1 Å². The SMILES string of the molecule is C[C@H](O)CNC(=O)[C@@H]1CS(=O)(=O)C[C@H]1NCc1ccc(F)cc1F. The summed E-state index contributed by atoms with van der Waals surface area (Å²) in [5.41, 5.74) is 0.184. The van der Waals surface area contributed by atoms with Gasteiger partial charge in [-0.25, -0.2) is 17.2 Å². The van der Waals surface area contributed by atoms with Crippen molar-refractivity contribution >= 4 is 15.7 Å². The van der Waals surface area contributed by atoms with Crippen molar-refractivity contribution in [3.8, 4) is 0 Å². The first-order valence-electron chi connectivity index (χ1n) is 7.51. The van der Waals surface area contributed by atoms with E-state index in [2.05, 4.69) is 10.6 Å². The predicted octanol–water partition coefficient (Wildman–Crippen LogP) is -0.0354. The highest BCUT2D eigenvalue weighted by molar-refractivity contribution is 7.91. The maximum atomic E-state index is 13.6. The first-order valence-corrected chi connectivity index (χ1v) is 9.33. The summed E-state index contributed by atoms with van der Waals surface area (Å²) in [5, 5.41) is 14.6. The third-order valence-corrected chi connectivity index (χ3v) is 5.56. The zero-order chi connectivity index (χ0) is 17.9. The number of aliphatic hydroxyl groups is 1. The molecule has 1 aromatic rings. The van der Waals surface area contributed by atoms with Gasteiger partial charge in [0.25, 0.3) is 0 Å². The lowest BCUT2D eigenvalue weighted by Gasteiger charge is -2.19. The minimum Gasteiger partial charge on any atom is -0.392 e. The summed E-state index contributed by atoms with van der Waals surface area (Å²) in [6, 6.07) is 2.45. The average molecular weight is 362 g/mol. The summed E-state index contributed by atoms with van der Waals surface area (Å²) in [6.45, 7) is 1.50. The molecule has 0 saturated carbocycles. The highest BCUT2D eigenvalue weighted by atomic mass is 32.2. The Balaban J connectivity index is 2.04. The maximum Gasteiger partial charge on any atom is 0.225 e. The van der Waals surface area contributed by atoms with Gasteiger partial charge in [-0.05, 0) is 13.0 Å². The molecular weight excluding hydrogens is 342 g/mol. The number of aliphatic hydroxyl groups excluding tert-OH is 1. The summed E-state index contributed by atoms with van der Waals surface area (Å²) >= 11 is 0. The minimum atomic E-state index is -3.39. The summed E-state index contributed by atoms with van der Waals surface area (Å²) in [5.74, 6) is -3.27. The van der Waals surface area contributed by atoms with Crippen molar-refractivity contribution in [2.24, 2.45) is 5.92 Å². The molecule has 1 heterocycles. The van der Waals surface area contributed by atoms with Crippen LogP contribution in [0.5, 0.6) is 0 Å². The van der Waals surface area contributed by atoms with E-state index in [1.165, 1.54) is 13.0 Å². The second-order valence-corrected chi connectivity index (χ2v) is 8.15. The van der Waals surface area contributed by atoms with E-state index in [1.807, 2.05) is 0 Å². The van der Waals surface area contributed by atoms with E-state index in [0.717, 1.165) is 12.1 Å². The average Bonchev–Trinajstić information content (AvgIpc) is 2.79. The molecule has 2 rings (SSSR count). The lowest BCUT2D eigenvalue weighted by atomic mass is 10.0. The van der Waals surface area contributed by atoms with E-state index in [0.29, 0.717) is 0 Å². The molecule has 3 N–H and O–H groups in total. The van der Waals surface area contributed by atoms with Crippen LogP contribution in [0.3, 0.4) is 0 Å². The van der Waals surface area contributed by atoms with Crippen LogP contribution in [-0.2, 0) is 21.2 Å². The highest BCUT2D eigenvalue weighted by Crippen LogP contribution is 2.21. The molecule has 0 bridgehead atoms. The monoisotopic (exact) mass is 362 g/mol. The van der Waals surface area contributed by atoms with Crippen molar-refractivity contribution in [2.45, 2.75) is 25.6 Å². The van der Waals surface area contributed by atoms with Crippen molar-refractivity contribution in [1.82, 2.24) is 10.6 Å². The fourth-order valence-corrected chi connectivity index (χ4v) is 4.56. The highest BCUT2D eigenvalue weighted by Gasteiger charge is 2.41. The number of hydrogen-bond acceptors (Lipinski definition) is 5. The van der Waals surface area contributed by atoms with Gasteiger partial charge >= 0.3 is 0 Å². The van der Waals surface area contributed by atoms with Crippen molar-refractivity contribution in [3.63, 3.8) is 0 Å². The van der Waals surface area contributed by atoms with Crippen molar-refractivity contribution in [1.29, 1.82) is 0 Å². The van der Waals surface area contributed by atoms with Crippen LogP contribution in [0.15, 0.2) is 18.2 Å². The Morgan fingerprint density at radius 3 is 2.71 bits per heavy atom. The molecule has 1 fully saturated rings. The molecule has 1 aliphatic heterocycles. The Labute approximate surface area is 139 Å². The number of nitrogens with one attached hydrogen (secondary N) is 2. The molecule has 1 saturated heterocycles. The Hall–Kier alpha value is -1.58. The number of sulfone groups is 1. The fraction of sp³-hybridized carbons (Fsp3) is 0.533. The van der Waals surface area contributed by atoms with Crippen LogP contribution in [0.25, 0.3) is 0 Å². The second kappa shape index (κ2) is 7.54. The standard InChI is InChI=1S/C15H20F2N2O4S/c1-9(20)5-19-15(21)12-7-24(22,23)8-14(12)18-6-10-2-3-11(16)4-13(10)17/h2-4,9,12,14,18,20H,5-8H2,1H3,(H,19,21)/t9-,12+,14+/m0/s1. The quantitative estimate of drug-likeness (QED) is 0.660. The Kier molecular flexibility index (Phi) is 5.89. The van der Waals surface area contributed by atoms with Gasteiger partial charge in [0.05, 0.1) is 23.5 Å². The molecular formula is C15H20F2N2O4S. The smallest absolute Gasteiger partial charge is 0.225 e. The zero-order valence-electron chi connectivity index (χ0n) is 13.1. The van der Waals surface area contributed by atoms with Gasteiger partial charge in [0, 0.05) is 30.8 Å². The molecule has 3 atom stereocenters. The van der Waals surface area contributed by atoms with E-state index < -0.39 is 45.4 Å². The van der Waals surface area contributed by atoms with E-state index in [-0.39, 0.29) is 30.2 Å². The summed E-state index contributed by atoms with van der Waals surface area (Å²) in [6.07, 6.45) is -0.744. The third kappa shape index (κ3) is 4.96. The summed E-state index contributed by atoms with van der Waals surface area (Å²) in [7, 11) is -3.39. The minimum absolute atomic E-state index is 0.0213. The number of amides is 1. The molecule has 0 spiro atoms. The molecule has 1 aromatic carbocycles. The van der Waals surface area contributed by atoms with Crippen molar-refractivity contribution in [2.75, 3.05) is 18.1 Å². The lowest BCUT2D eigenvalue weighted by molar-refractivity contribution is -0.125. The molecule has 1 amide bonds. The number of rotatable bonds is 6. The molecule has 6 nitrogen and oxygen atoms in total. The van der Waals surface area contributed by atoms with Gasteiger partial charge in [-0.3, -0.25) is 4.79 Å². The molecule has 0 aromatic heterocycles. The third-order valence-electron chi connectivity index (χ3n) is 3.83. The van der Waals surface area contributed by atoms with Crippen LogP contribution in [0.4, 0.5) is 8.78 Å².